The standard InChI is InChI=1S/C23H29N3O2S/c1-15-9-16(2)14-26(13-15)8-4-7-24-22(27)21-12-18-10-17-11-19(28-3)5-6-20(17)25-23(18)29-21/h5-6,10-12,15-16H,4,7-9,13-14H2,1-3H3,(H,24,27). The molecule has 1 amide bonds. The maximum absolute atomic E-state index is 12.6. The zero-order valence-electron chi connectivity index (χ0n) is 17.4. The van der Waals surface area contributed by atoms with Crippen molar-refractivity contribution in [1.82, 2.24) is 15.2 Å². The molecule has 0 spiro atoms. The third-order valence-corrected chi connectivity index (χ3v) is 6.66. The van der Waals surface area contributed by atoms with Gasteiger partial charge in [-0.2, -0.15) is 0 Å². The number of hydrogen-bond acceptors (Lipinski definition) is 5. The number of aromatic nitrogens is 1. The van der Waals surface area contributed by atoms with E-state index < -0.39 is 0 Å². The van der Waals surface area contributed by atoms with Gasteiger partial charge in [-0.3, -0.25) is 4.79 Å². The molecular weight excluding hydrogens is 382 g/mol. The van der Waals surface area contributed by atoms with E-state index in [1.54, 1.807) is 7.11 Å². The van der Waals surface area contributed by atoms with Crippen molar-refractivity contribution in [3.8, 4) is 5.75 Å². The molecule has 2 aromatic heterocycles. The molecule has 1 aromatic carbocycles. The fourth-order valence-electron chi connectivity index (χ4n) is 4.42. The van der Waals surface area contributed by atoms with Crippen molar-refractivity contribution in [1.29, 1.82) is 0 Å². The number of pyridine rings is 1. The zero-order chi connectivity index (χ0) is 20.4. The van der Waals surface area contributed by atoms with Gasteiger partial charge in [-0.1, -0.05) is 13.8 Å². The lowest BCUT2D eigenvalue weighted by molar-refractivity contribution is 0.0951. The van der Waals surface area contributed by atoms with E-state index in [9.17, 15) is 4.79 Å². The Hall–Kier alpha value is -2.18. The van der Waals surface area contributed by atoms with E-state index >= 15 is 0 Å². The first-order chi connectivity index (χ1) is 14.0. The highest BCUT2D eigenvalue weighted by atomic mass is 32.1. The molecular formula is C23H29N3O2S. The summed E-state index contributed by atoms with van der Waals surface area (Å²) in [6, 6.07) is 9.85. The number of amides is 1. The van der Waals surface area contributed by atoms with Gasteiger partial charge in [0.2, 0.25) is 0 Å². The number of rotatable bonds is 6. The van der Waals surface area contributed by atoms with Crippen LogP contribution in [0.1, 0.15) is 36.4 Å². The average molecular weight is 412 g/mol. The Bertz CT molecular complexity index is 1010. The van der Waals surface area contributed by atoms with Gasteiger partial charge in [-0.25, -0.2) is 4.98 Å². The SMILES string of the molecule is COc1ccc2nc3sc(C(=O)NCCCN4CC(C)CC(C)C4)cc3cc2c1. The molecule has 3 heterocycles. The number of benzene rings is 1. The number of carbonyl (C=O) groups is 1. The van der Waals surface area contributed by atoms with Crippen LogP contribution in [0, 0.1) is 11.8 Å². The second-order valence-corrected chi connectivity index (χ2v) is 9.40. The molecule has 1 saturated heterocycles. The van der Waals surface area contributed by atoms with Crippen molar-refractivity contribution in [2.24, 2.45) is 11.8 Å². The number of thiophene rings is 1. The van der Waals surface area contributed by atoms with Crippen molar-refractivity contribution < 1.29 is 9.53 Å². The first kappa shape index (κ1) is 20.1. The van der Waals surface area contributed by atoms with Gasteiger partial charge in [0.15, 0.2) is 0 Å². The summed E-state index contributed by atoms with van der Waals surface area (Å²) in [5.74, 6) is 2.35. The summed E-state index contributed by atoms with van der Waals surface area (Å²) in [6.07, 6.45) is 2.31. The number of piperidine rings is 1. The van der Waals surface area contributed by atoms with E-state index in [2.05, 4.69) is 30.1 Å². The van der Waals surface area contributed by atoms with Crippen LogP contribution < -0.4 is 10.1 Å². The lowest BCUT2D eigenvalue weighted by atomic mass is 9.92. The van der Waals surface area contributed by atoms with Gasteiger partial charge in [0, 0.05) is 30.4 Å². The van der Waals surface area contributed by atoms with Crippen molar-refractivity contribution in [3.63, 3.8) is 0 Å². The summed E-state index contributed by atoms with van der Waals surface area (Å²) in [4.78, 5) is 21.5. The maximum atomic E-state index is 12.6. The van der Waals surface area contributed by atoms with Gasteiger partial charge >= 0.3 is 0 Å². The lowest BCUT2D eigenvalue weighted by Crippen LogP contribution is -2.40. The number of ether oxygens (including phenoxy) is 1. The molecule has 1 aliphatic rings. The monoisotopic (exact) mass is 411 g/mol. The zero-order valence-corrected chi connectivity index (χ0v) is 18.2. The molecule has 0 aliphatic carbocycles. The van der Waals surface area contributed by atoms with Crippen molar-refractivity contribution >= 4 is 38.4 Å². The van der Waals surface area contributed by atoms with E-state index in [0.29, 0.717) is 6.54 Å². The fourth-order valence-corrected chi connectivity index (χ4v) is 5.36. The largest absolute Gasteiger partial charge is 0.497 e. The highest BCUT2D eigenvalue weighted by molar-refractivity contribution is 7.20. The molecule has 1 N–H and O–H groups in total. The van der Waals surface area contributed by atoms with Crippen LogP contribution in [0.2, 0.25) is 0 Å². The van der Waals surface area contributed by atoms with Crippen LogP contribution in [0.3, 0.4) is 0 Å². The summed E-state index contributed by atoms with van der Waals surface area (Å²) in [7, 11) is 1.66. The molecule has 6 heteroatoms. The van der Waals surface area contributed by atoms with Gasteiger partial charge in [-0.05, 0) is 61.6 Å². The summed E-state index contributed by atoms with van der Waals surface area (Å²) < 4.78 is 5.30. The molecule has 29 heavy (non-hydrogen) atoms. The number of methoxy groups -OCH3 is 1. The smallest absolute Gasteiger partial charge is 0.261 e. The Balaban J connectivity index is 1.36. The second kappa shape index (κ2) is 8.67. The van der Waals surface area contributed by atoms with E-state index in [0.717, 1.165) is 56.5 Å². The molecule has 2 atom stereocenters. The Morgan fingerprint density at radius 2 is 2.00 bits per heavy atom. The van der Waals surface area contributed by atoms with E-state index in [1.807, 2.05) is 24.3 Å². The van der Waals surface area contributed by atoms with Crippen LogP contribution >= 0.6 is 11.3 Å². The van der Waals surface area contributed by atoms with Crippen LogP contribution in [0.25, 0.3) is 21.1 Å². The van der Waals surface area contributed by atoms with Crippen molar-refractivity contribution in [3.05, 3.63) is 35.2 Å². The minimum Gasteiger partial charge on any atom is -0.497 e. The maximum Gasteiger partial charge on any atom is 0.261 e. The summed E-state index contributed by atoms with van der Waals surface area (Å²) >= 11 is 1.45. The lowest BCUT2D eigenvalue weighted by Gasteiger charge is -2.34. The van der Waals surface area contributed by atoms with Gasteiger partial charge in [-0.15, -0.1) is 11.3 Å². The molecule has 154 valence electrons. The van der Waals surface area contributed by atoms with E-state index in [1.165, 1.54) is 30.8 Å². The van der Waals surface area contributed by atoms with Gasteiger partial charge in [0.25, 0.3) is 5.91 Å². The van der Waals surface area contributed by atoms with Crippen LogP contribution in [0.15, 0.2) is 30.3 Å². The van der Waals surface area contributed by atoms with E-state index in [-0.39, 0.29) is 5.91 Å². The van der Waals surface area contributed by atoms with E-state index in [4.69, 9.17) is 9.72 Å². The minimum absolute atomic E-state index is 0.00461. The topological polar surface area (TPSA) is 54.5 Å². The number of carbonyl (C=O) groups excluding carboxylic acids is 1. The first-order valence-electron chi connectivity index (χ1n) is 10.4. The average Bonchev–Trinajstić information content (AvgIpc) is 3.11. The Morgan fingerprint density at radius 3 is 2.76 bits per heavy atom. The van der Waals surface area contributed by atoms with Gasteiger partial charge in [0.1, 0.15) is 10.6 Å². The fraction of sp³-hybridized carbons (Fsp3) is 0.478. The molecule has 0 radical (unpaired) electrons. The number of nitrogens with zero attached hydrogens (tertiary/aromatic N) is 2. The van der Waals surface area contributed by atoms with Crippen LogP contribution in [-0.2, 0) is 0 Å². The number of likely N-dealkylation sites (tertiary alicyclic amines) is 1. The predicted molar refractivity (Wildman–Crippen MR) is 120 cm³/mol. The molecule has 4 rings (SSSR count). The molecule has 1 aliphatic heterocycles. The van der Waals surface area contributed by atoms with Crippen molar-refractivity contribution in [2.75, 3.05) is 33.3 Å². The molecule has 5 nitrogen and oxygen atoms in total. The Kier molecular flexibility index (Phi) is 6.01. The molecule has 0 saturated carbocycles. The summed E-state index contributed by atoms with van der Waals surface area (Å²) in [5, 5.41) is 5.10. The summed E-state index contributed by atoms with van der Waals surface area (Å²) in [5.41, 5.74) is 0.914. The third-order valence-electron chi connectivity index (χ3n) is 5.61. The van der Waals surface area contributed by atoms with Crippen LogP contribution in [-0.4, -0.2) is 49.1 Å². The minimum atomic E-state index is -0.00461. The second-order valence-electron chi connectivity index (χ2n) is 8.37. The van der Waals surface area contributed by atoms with Gasteiger partial charge in [0.05, 0.1) is 17.5 Å². The number of hydrogen-bond donors (Lipinski definition) is 1. The third kappa shape index (κ3) is 4.70. The summed E-state index contributed by atoms with van der Waals surface area (Å²) in [6.45, 7) is 8.78. The predicted octanol–water partition coefficient (Wildman–Crippen LogP) is 4.56. The van der Waals surface area contributed by atoms with Crippen molar-refractivity contribution in [2.45, 2.75) is 26.7 Å². The highest BCUT2D eigenvalue weighted by Crippen LogP contribution is 2.29. The molecule has 3 aromatic rings. The highest BCUT2D eigenvalue weighted by Gasteiger charge is 2.21. The number of fused-ring (bicyclic) bond motifs is 2. The molecule has 2 unspecified atom stereocenters. The Labute approximate surface area is 176 Å². The van der Waals surface area contributed by atoms with Gasteiger partial charge < -0.3 is 15.0 Å². The molecule has 0 bridgehead atoms. The Morgan fingerprint density at radius 1 is 1.21 bits per heavy atom. The quantitative estimate of drug-likeness (QED) is 0.605. The van der Waals surface area contributed by atoms with Crippen LogP contribution in [0.5, 0.6) is 5.75 Å². The van der Waals surface area contributed by atoms with Crippen LogP contribution in [0.4, 0.5) is 0 Å². The number of nitrogens with one attached hydrogen (secondary N) is 1. The normalized spacial score (nSPS) is 20.2. The molecule has 1 fully saturated rings. The first-order valence-corrected chi connectivity index (χ1v) is 11.2.